The lowest BCUT2D eigenvalue weighted by molar-refractivity contribution is -0.125. The Morgan fingerprint density at radius 1 is 1.50 bits per heavy atom. The van der Waals surface area contributed by atoms with Gasteiger partial charge in [0.1, 0.15) is 0 Å². The molecule has 3 N–H and O–H groups in total. The molecule has 2 aliphatic heterocycles. The smallest absolute Gasteiger partial charge is 0.221 e. The molecule has 2 rings (SSSR count). The van der Waals surface area contributed by atoms with Gasteiger partial charge in [-0.15, -0.1) is 12.4 Å². The van der Waals surface area contributed by atoms with Gasteiger partial charge in [0.2, 0.25) is 11.8 Å². The first kappa shape index (κ1) is 15.6. The molecule has 2 amide bonds. The molecule has 2 aliphatic rings. The van der Waals surface area contributed by atoms with E-state index in [1.165, 1.54) is 0 Å². The lowest BCUT2D eigenvalue weighted by Crippen LogP contribution is -2.49. The van der Waals surface area contributed by atoms with E-state index < -0.39 is 0 Å². The molecule has 2 heterocycles. The Morgan fingerprint density at radius 2 is 2.33 bits per heavy atom. The molecular formula is C11H20ClN3O2S. The molecule has 2 fully saturated rings. The van der Waals surface area contributed by atoms with E-state index in [-0.39, 0.29) is 30.3 Å². The fourth-order valence-corrected chi connectivity index (χ4v) is 3.07. The van der Waals surface area contributed by atoms with Crippen LogP contribution >= 0.6 is 24.2 Å². The molecule has 0 aromatic rings. The second-order valence-corrected chi connectivity index (χ2v) is 5.69. The van der Waals surface area contributed by atoms with Crippen molar-refractivity contribution < 1.29 is 9.59 Å². The van der Waals surface area contributed by atoms with Gasteiger partial charge in [0.05, 0.1) is 0 Å². The number of halogens is 1. The van der Waals surface area contributed by atoms with E-state index in [0.29, 0.717) is 25.4 Å². The molecule has 7 heteroatoms. The Labute approximate surface area is 118 Å². The summed E-state index contributed by atoms with van der Waals surface area (Å²) in [6.07, 6.45) is 1.81. The van der Waals surface area contributed by atoms with E-state index in [1.54, 1.807) is 0 Å². The first-order valence-electron chi connectivity index (χ1n) is 6.11. The molecule has 104 valence electrons. The number of carbonyl (C=O) groups excluding carboxylic acids is 2. The van der Waals surface area contributed by atoms with Gasteiger partial charge in [-0.05, 0) is 6.42 Å². The molecule has 0 spiro atoms. The van der Waals surface area contributed by atoms with Crippen LogP contribution in [-0.4, -0.2) is 48.5 Å². The predicted molar refractivity (Wildman–Crippen MR) is 75.2 cm³/mol. The number of amides is 2. The largest absolute Gasteiger partial charge is 0.354 e. The van der Waals surface area contributed by atoms with E-state index in [9.17, 15) is 9.59 Å². The Balaban J connectivity index is 0.00000162. The van der Waals surface area contributed by atoms with Gasteiger partial charge < -0.3 is 16.0 Å². The number of rotatable bonds is 3. The maximum absolute atomic E-state index is 11.8. The topological polar surface area (TPSA) is 70.2 Å². The third kappa shape index (κ3) is 5.04. The number of hydrogen-bond donors (Lipinski definition) is 3. The van der Waals surface area contributed by atoms with Crippen LogP contribution in [0.3, 0.4) is 0 Å². The molecular weight excluding hydrogens is 274 g/mol. The average molecular weight is 294 g/mol. The summed E-state index contributed by atoms with van der Waals surface area (Å²) in [5, 5.41) is 9.09. The van der Waals surface area contributed by atoms with Crippen LogP contribution in [0, 0.1) is 0 Å². The zero-order valence-electron chi connectivity index (χ0n) is 10.2. The quantitative estimate of drug-likeness (QED) is 0.680. The van der Waals surface area contributed by atoms with E-state index in [0.717, 1.165) is 24.5 Å². The van der Waals surface area contributed by atoms with E-state index in [2.05, 4.69) is 16.0 Å². The molecule has 2 atom stereocenters. The van der Waals surface area contributed by atoms with Crippen LogP contribution in [-0.2, 0) is 9.59 Å². The zero-order chi connectivity index (χ0) is 12.1. The van der Waals surface area contributed by atoms with Crippen LogP contribution in [0.5, 0.6) is 0 Å². The van der Waals surface area contributed by atoms with Gasteiger partial charge in [-0.2, -0.15) is 11.8 Å². The fourth-order valence-electron chi connectivity index (χ4n) is 2.12. The standard InChI is InChI=1S/C11H19N3O2S.ClH/c15-10-2-1-8(6-13-10)14-11(16)5-9-7-17-4-3-12-9;/h8-9,12H,1-7H2,(H,13,15)(H,14,16);1H. The third-order valence-corrected chi connectivity index (χ3v) is 4.19. The number of nitrogens with one attached hydrogen (secondary N) is 3. The third-order valence-electron chi connectivity index (χ3n) is 3.06. The fraction of sp³-hybridized carbons (Fsp3) is 0.818. The lowest BCUT2D eigenvalue weighted by atomic mass is 10.1. The number of thioether (sulfide) groups is 1. The Hall–Kier alpha value is -0.460. The predicted octanol–water partition coefficient (Wildman–Crippen LogP) is -0.102. The normalized spacial score (nSPS) is 27.9. The molecule has 18 heavy (non-hydrogen) atoms. The second-order valence-electron chi connectivity index (χ2n) is 4.54. The van der Waals surface area contributed by atoms with Crippen LogP contribution in [0.25, 0.3) is 0 Å². The first-order valence-corrected chi connectivity index (χ1v) is 7.26. The highest BCUT2D eigenvalue weighted by atomic mass is 35.5. The minimum absolute atomic E-state index is 0. The van der Waals surface area contributed by atoms with Gasteiger partial charge in [0, 0.05) is 49.5 Å². The van der Waals surface area contributed by atoms with Crippen molar-refractivity contribution in [1.82, 2.24) is 16.0 Å². The van der Waals surface area contributed by atoms with Gasteiger partial charge >= 0.3 is 0 Å². The highest BCUT2D eigenvalue weighted by Crippen LogP contribution is 2.10. The van der Waals surface area contributed by atoms with Crippen LogP contribution in [0.2, 0.25) is 0 Å². The molecule has 2 unspecified atom stereocenters. The summed E-state index contributed by atoms with van der Waals surface area (Å²) >= 11 is 1.89. The highest BCUT2D eigenvalue weighted by Gasteiger charge is 2.22. The monoisotopic (exact) mass is 293 g/mol. The molecule has 0 bridgehead atoms. The van der Waals surface area contributed by atoms with Crippen molar-refractivity contribution in [2.45, 2.75) is 31.3 Å². The molecule has 0 aliphatic carbocycles. The summed E-state index contributed by atoms with van der Waals surface area (Å²) in [5.74, 6) is 2.31. The molecule has 0 aromatic carbocycles. The van der Waals surface area contributed by atoms with Gasteiger partial charge in [0.25, 0.3) is 0 Å². The lowest BCUT2D eigenvalue weighted by Gasteiger charge is -2.26. The maximum Gasteiger partial charge on any atom is 0.221 e. The van der Waals surface area contributed by atoms with Crippen molar-refractivity contribution in [3.63, 3.8) is 0 Å². The van der Waals surface area contributed by atoms with Crippen molar-refractivity contribution in [3.8, 4) is 0 Å². The van der Waals surface area contributed by atoms with Gasteiger partial charge in [-0.25, -0.2) is 0 Å². The Bertz CT molecular complexity index is 288. The van der Waals surface area contributed by atoms with Crippen molar-refractivity contribution in [3.05, 3.63) is 0 Å². The van der Waals surface area contributed by atoms with Gasteiger partial charge in [-0.3, -0.25) is 9.59 Å². The van der Waals surface area contributed by atoms with E-state index in [1.807, 2.05) is 11.8 Å². The number of piperidine rings is 1. The maximum atomic E-state index is 11.8. The van der Waals surface area contributed by atoms with Crippen molar-refractivity contribution in [2.75, 3.05) is 24.6 Å². The summed E-state index contributed by atoms with van der Waals surface area (Å²) in [7, 11) is 0. The van der Waals surface area contributed by atoms with Crippen molar-refractivity contribution in [1.29, 1.82) is 0 Å². The zero-order valence-corrected chi connectivity index (χ0v) is 11.9. The molecule has 0 aromatic heterocycles. The molecule has 5 nitrogen and oxygen atoms in total. The minimum atomic E-state index is 0. The first-order chi connectivity index (χ1) is 8.24. The van der Waals surface area contributed by atoms with Crippen LogP contribution < -0.4 is 16.0 Å². The molecule has 0 saturated carbocycles. The second kappa shape index (κ2) is 7.86. The van der Waals surface area contributed by atoms with Gasteiger partial charge in [0.15, 0.2) is 0 Å². The number of carbonyl (C=O) groups is 2. The summed E-state index contributed by atoms with van der Waals surface area (Å²) in [6.45, 7) is 1.56. The van der Waals surface area contributed by atoms with Crippen molar-refractivity contribution >= 4 is 36.0 Å². The average Bonchev–Trinajstić information content (AvgIpc) is 2.33. The van der Waals surface area contributed by atoms with E-state index >= 15 is 0 Å². The minimum Gasteiger partial charge on any atom is -0.354 e. The molecule has 2 saturated heterocycles. The summed E-state index contributed by atoms with van der Waals surface area (Å²) in [5.41, 5.74) is 0. The van der Waals surface area contributed by atoms with Crippen LogP contribution in [0.1, 0.15) is 19.3 Å². The molecule has 0 radical (unpaired) electrons. The summed E-state index contributed by atoms with van der Waals surface area (Å²) in [4.78, 5) is 22.8. The number of hydrogen-bond acceptors (Lipinski definition) is 4. The summed E-state index contributed by atoms with van der Waals surface area (Å²) < 4.78 is 0. The van der Waals surface area contributed by atoms with Crippen molar-refractivity contribution in [2.24, 2.45) is 0 Å². The highest BCUT2D eigenvalue weighted by molar-refractivity contribution is 7.99. The summed E-state index contributed by atoms with van der Waals surface area (Å²) in [6, 6.07) is 0.406. The van der Waals surface area contributed by atoms with Crippen LogP contribution in [0.4, 0.5) is 0 Å². The Morgan fingerprint density at radius 3 is 2.94 bits per heavy atom. The van der Waals surface area contributed by atoms with Crippen LogP contribution in [0.15, 0.2) is 0 Å². The van der Waals surface area contributed by atoms with Gasteiger partial charge in [-0.1, -0.05) is 0 Å². The SMILES string of the molecule is Cl.O=C1CCC(NC(=O)CC2CSCCN2)CN1. The Kier molecular flexibility index (Phi) is 6.81. The van der Waals surface area contributed by atoms with E-state index in [4.69, 9.17) is 0 Å².